The average molecular weight is 366 g/mol. The summed E-state index contributed by atoms with van der Waals surface area (Å²) in [6.07, 6.45) is 1.75. The van der Waals surface area contributed by atoms with Crippen LogP contribution in [0, 0.1) is 0 Å². The van der Waals surface area contributed by atoms with Gasteiger partial charge in [-0.15, -0.1) is 21.5 Å². The highest BCUT2D eigenvalue weighted by atomic mass is 32.2. The molecule has 0 aliphatic rings. The third-order valence-corrected chi connectivity index (χ3v) is 5.41. The highest BCUT2D eigenvalue weighted by Gasteiger charge is 2.18. The van der Waals surface area contributed by atoms with E-state index in [1.807, 2.05) is 58.5 Å². The molecule has 0 saturated heterocycles. The molecule has 0 aliphatic carbocycles. The minimum absolute atomic E-state index is 0.0373. The Morgan fingerprint density at radius 1 is 1.08 bits per heavy atom. The first-order valence-electron chi connectivity index (χ1n) is 7.67. The van der Waals surface area contributed by atoms with Crippen molar-refractivity contribution in [3.63, 3.8) is 0 Å². The standard InChI is InChI=1S/C18H14N4OS2/c23-15(14-8-4-10-19-14)12-25-18-21-20-17(16-9-5-11-24-16)22(18)13-6-2-1-3-7-13/h1-11,19H,12H2. The second kappa shape index (κ2) is 7.08. The molecule has 0 amide bonds. The van der Waals surface area contributed by atoms with Crippen LogP contribution in [0.4, 0.5) is 0 Å². The molecule has 0 unspecified atom stereocenters. The number of rotatable bonds is 6. The lowest BCUT2D eigenvalue weighted by atomic mass is 10.3. The average Bonchev–Trinajstić information content (AvgIpc) is 3.41. The van der Waals surface area contributed by atoms with E-state index in [2.05, 4.69) is 15.2 Å². The molecule has 124 valence electrons. The molecule has 25 heavy (non-hydrogen) atoms. The Hall–Kier alpha value is -2.64. The zero-order chi connectivity index (χ0) is 17.1. The molecule has 0 spiro atoms. The quantitative estimate of drug-likeness (QED) is 0.408. The van der Waals surface area contributed by atoms with Crippen LogP contribution in [0.15, 0.2) is 71.3 Å². The Bertz CT molecular complexity index is 960. The van der Waals surface area contributed by atoms with Crippen molar-refractivity contribution >= 4 is 28.9 Å². The second-order valence-electron chi connectivity index (χ2n) is 5.25. The number of para-hydroxylation sites is 1. The normalized spacial score (nSPS) is 10.9. The van der Waals surface area contributed by atoms with Crippen molar-refractivity contribution < 1.29 is 4.79 Å². The molecular weight excluding hydrogens is 352 g/mol. The maximum absolute atomic E-state index is 12.3. The van der Waals surface area contributed by atoms with E-state index >= 15 is 0 Å². The van der Waals surface area contributed by atoms with Gasteiger partial charge in [0.15, 0.2) is 16.8 Å². The SMILES string of the molecule is O=C(CSc1nnc(-c2cccs2)n1-c1ccccc1)c1ccc[nH]1. The monoisotopic (exact) mass is 366 g/mol. The van der Waals surface area contributed by atoms with Gasteiger partial charge < -0.3 is 4.98 Å². The molecule has 7 heteroatoms. The van der Waals surface area contributed by atoms with Crippen molar-refractivity contribution in [1.82, 2.24) is 19.7 Å². The number of nitrogens with one attached hydrogen (secondary N) is 1. The van der Waals surface area contributed by atoms with Crippen molar-refractivity contribution in [1.29, 1.82) is 0 Å². The predicted octanol–water partition coefficient (Wildman–Crippen LogP) is 4.30. The summed E-state index contributed by atoms with van der Waals surface area (Å²) in [6.45, 7) is 0. The van der Waals surface area contributed by atoms with Gasteiger partial charge in [0.1, 0.15) is 0 Å². The van der Waals surface area contributed by atoms with Gasteiger partial charge in [0.05, 0.1) is 16.3 Å². The van der Waals surface area contributed by atoms with Crippen LogP contribution >= 0.6 is 23.1 Å². The molecule has 0 saturated carbocycles. The summed E-state index contributed by atoms with van der Waals surface area (Å²) < 4.78 is 2.00. The molecule has 4 rings (SSSR count). The van der Waals surface area contributed by atoms with Crippen molar-refractivity contribution in [3.8, 4) is 16.4 Å². The number of nitrogens with zero attached hydrogens (tertiary/aromatic N) is 3. The summed E-state index contributed by atoms with van der Waals surface area (Å²) in [6, 6.07) is 17.6. The van der Waals surface area contributed by atoms with Crippen LogP contribution in [0.3, 0.4) is 0 Å². The van der Waals surface area contributed by atoms with Crippen LogP contribution in [-0.2, 0) is 0 Å². The highest BCUT2D eigenvalue weighted by molar-refractivity contribution is 7.99. The van der Waals surface area contributed by atoms with Gasteiger partial charge in [-0.25, -0.2) is 0 Å². The third kappa shape index (κ3) is 3.29. The van der Waals surface area contributed by atoms with Crippen LogP contribution in [0.1, 0.15) is 10.5 Å². The fraction of sp³-hybridized carbons (Fsp3) is 0.0556. The van der Waals surface area contributed by atoms with E-state index in [0.29, 0.717) is 16.6 Å². The van der Waals surface area contributed by atoms with Gasteiger partial charge in [0.2, 0.25) is 0 Å². The molecular formula is C18H14N4OS2. The van der Waals surface area contributed by atoms with Crippen molar-refractivity contribution in [2.24, 2.45) is 0 Å². The molecule has 4 aromatic rings. The Morgan fingerprint density at radius 3 is 2.68 bits per heavy atom. The molecule has 0 radical (unpaired) electrons. The lowest BCUT2D eigenvalue weighted by Crippen LogP contribution is -2.05. The maximum Gasteiger partial charge on any atom is 0.196 e. The summed E-state index contributed by atoms with van der Waals surface area (Å²) in [7, 11) is 0. The fourth-order valence-electron chi connectivity index (χ4n) is 2.45. The van der Waals surface area contributed by atoms with E-state index in [9.17, 15) is 4.79 Å². The van der Waals surface area contributed by atoms with Crippen LogP contribution in [0.5, 0.6) is 0 Å². The molecule has 0 bridgehead atoms. The minimum atomic E-state index is 0.0373. The second-order valence-corrected chi connectivity index (χ2v) is 7.14. The topological polar surface area (TPSA) is 63.6 Å². The third-order valence-electron chi connectivity index (χ3n) is 3.62. The van der Waals surface area contributed by atoms with Crippen molar-refractivity contribution in [3.05, 3.63) is 71.9 Å². The van der Waals surface area contributed by atoms with Crippen LogP contribution in [0.2, 0.25) is 0 Å². The van der Waals surface area contributed by atoms with Gasteiger partial charge in [-0.3, -0.25) is 9.36 Å². The number of ketones is 1. The summed E-state index contributed by atoms with van der Waals surface area (Å²) in [5.41, 5.74) is 1.59. The van der Waals surface area contributed by atoms with E-state index < -0.39 is 0 Å². The van der Waals surface area contributed by atoms with Crippen LogP contribution in [0.25, 0.3) is 16.4 Å². The first kappa shape index (κ1) is 15.9. The maximum atomic E-state index is 12.3. The Morgan fingerprint density at radius 2 is 1.96 bits per heavy atom. The summed E-state index contributed by atoms with van der Waals surface area (Å²) >= 11 is 3.01. The molecule has 1 N–H and O–H groups in total. The number of aromatic nitrogens is 4. The molecule has 0 atom stereocenters. The van der Waals surface area contributed by atoms with Crippen molar-refractivity contribution in [2.45, 2.75) is 5.16 Å². The van der Waals surface area contributed by atoms with Gasteiger partial charge in [-0.1, -0.05) is 36.0 Å². The number of carbonyl (C=O) groups excluding carboxylic acids is 1. The molecule has 1 aromatic carbocycles. The number of carbonyl (C=O) groups is 1. The predicted molar refractivity (Wildman–Crippen MR) is 101 cm³/mol. The van der Waals surface area contributed by atoms with Gasteiger partial charge in [0, 0.05) is 11.9 Å². The lowest BCUT2D eigenvalue weighted by Gasteiger charge is -2.09. The van der Waals surface area contributed by atoms with Crippen LogP contribution in [-0.4, -0.2) is 31.3 Å². The summed E-state index contributed by atoms with van der Waals surface area (Å²) in [5.74, 6) is 1.13. The van der Waals surface area contributed by atoms with E-state index in [1.165, 1.54) is 11.8 Å². The smallest absolute Gasteiger partial charge is 0.196 e. The molecule has 0 fully saturated rings. The van der Waals surface area contributed by atoms with Crippen LogP contribution < -0.4 is 0 Å². The Labute approximate surface area is 152 Å². The lowest BCUT2D eigenvalue weighted by molar-refractivity contribution is 0.101. The molecule has 3 heterocycles. The summed E-state index contributed by atoms with van der Waals surface area (Å²) in [4.78, 5) is 16.2. The van der Waals surface area contributed by atoms with E-state index in [0.717, 1.165) is 16.4 Å². The number of benzene rings is 1. The summed E-state index contributed by atoms with van der Waals surface area (Å²) in [5, 5.41) is 11.4. The highest BCUT2D eigenvalue weighted by Crippen LogP contribution is 2.30. The molecule has 3 aromatic heterocycles. The number of thiophene rings is 1. The van der Waals surface area contributed by atoms with Gasteiger partial charge in [0.25, 0.3) is 0 Å². The number of H-pyrrole nitrogens is 1. The zero-order valence-corrected chi connectivity index (χ0v) is 14.8. The number of hydrogen-bond donors (Lipinski definition) is 1. The fourth-order valence-corrected chi connectivity index (χ4v) is 3.98. The minimum Gasteiger partial charge on any atom is -0.359 e. The Balaban J connectivity index is 1.67. The Kier molecular flexibility index (Phi) is 4.49. The van der Waals surface area contributed by atoms with E-state index in [1.54, 1.807) is 23.6 Å². The van der Waals surface area contributed by atoms with Gasteiger partial charge >= 0.3 is 0 Å². The zero-order valence-electron chi connectivity index (χ0n) is 13.1. The number of thioether (sulfide) groups is 1. The number of Topliss-reactive ketones (excluding diaryl/α,β-unsaturated/α-hetero) is 1. The van der Waals surface area contributed by atoms with E-state index in [4.69, 9.17) is 0 Å². The number of aromatic amines is 1. The van der Waals surface area contributed by atoms with Gasteiger partial charge in [-0.2, -0.15) is 0 Å². The van der Waals surface area contributed by atoms with Crippen molar-refractivity contribution in [2.75, 3.05) is 5.75 Å². The number of hydrogen-bond acceptors (Lipinski definition) is 5. The molecule has 0 aliphatic heterocycles. The van der Waals surface area contributed by atoms with E-state index in [-0.39, 0.29) is 5.78 Å². The first-order chi connectivity index (χ1) is 12.3. The first-order valence-corrected chi connectivity index (χ1v) is 9.53. The molecule has 5 nitrogen and oxygen atoms in total. The largest absolute Gasteiger partial charge is 0.359 e. The van der Waals surface area contributed by atoms with Gasteiger partial charge in [-0.05, 0) is 35.7 Å².